The van der Waals surface area contributed by atoms with Crippen molar-refractivity contribution in [3.63, 3.8) is 0 Å². The number of carbonyl (C=O) groups excluding carboxylic acids is 5. The number of hydrogen-bond donors (Lipinski definition) is 4. The molecular weight excluding hydrogens is 737 g/mol. The highest BCUT2D eigenvalue weighted by Crippen LogP contribution is 2.87. The van der Waals surface area contributed by atoms with E-state index in [-0.39, 0.29) is 64.0 Å². The Kier molecular flexibility index (Phi) is 15.3. The quantitative estimate of drug-likeness (QED) is 0.0467. The van der Waals surface area contributed by atoms with Crippen LogP contribution in [0.2, 0.25) is 0 Å². The van der Waals surface area contributed by atoms with Gasteiger partial charge in [-0.25, -0.2) is 0 Å². The molecular formula is C46H74N4O8. The van der Waals surface area contributed by atoms with Gasteiger partial charge in [0.15, 0.2) is 17.7 Å². The van der Waals surface area contributed by atoms with Crippen LogP contribution in [0.5, 0.6) is 0 Å². The van der Waals surface area contributed by atoms with Gasteiger partial charge >= 0.3 is 17.9 Å². The number of rotatable bonds is 23. The van der Waals surface area contributed by atoms with Crippen molar-refractivity contribution in [2.24, 2.45) is 62.9 Å². The van der Waals surface area contributed by atoms with E-state index in [9.17, 15) is 24.0 Å². The minimum absolute atomic E-state index is 0.0286. The predicted octanol–water partition coefficient (Wildman–Crippen LogP) is 5.08. The first-order valence-corrected chi connectivity index (χ1v) is 22.3. The summed E-state index contributed by atoms with van der Waals surface area (Å²) in [5, 5.41) is 9.94. The molecule has 0 aromatic carbocycles. The van der Waals surface area contributed by atoms with Gasteiger partial charge in [-0.2, -0.15) is 0 Å². The topological polar surface area (TPSA) is 175 Å². The van der Waals surface area contributed by atoms with Crippen molar-refractivity contribution < 1.29 is 38.2 Å². The first-order valence-electron chi connectivity index (χ1n) is 22.3. The van der Waals surface area contributed by atoms with Crippen LogP contribution in [0.25, 0.3) is 0 Å². The molecule has 12 nitrogen and oxygen atoms in total. The zero-order valence-corrected chi connectivity index (χ0v) is 36.6. The Labute approximate surface area is 347 Å². The van der Waals surface area contributed by atoms with Gasteiger partial charge in [0.1, 0.15) is 6.10 Å². The molecule has 0 heterocycles. The third kappa shape index (κ3) is 9.05. The summed E-state index contributed by atoms with van der Waals surface area (Å²) < 4.78 is 17.6. The molecule has 2 spiro atoms. The Morgan fingerprint density at radius 1 is 0.914 bits per heavy atom. The van der Waals surface area contributed by atoms with E-state index < -0.39 is 41.8 Å². The molecule has 5 aliphatic carbocycles. The third-order valence-corrected chi connectivity index (χ3v) is 15.8. The summed E-state index contributed by atoms with van der Waals surface area (Å²) >= 11 is 0. The number of ether oxygens (including phenoxy) is 3. The average molecular weight is 811 g/mol. The van der Waals surface area contributed by atoms with Crippen molar-refractivity contribution in [3.8, 4) is 0 Å². The van der Waals surface area contributed by atoms with Crippen LogP contribution in [-0.4, -0.2) is 94.1 Å². The number of esters is 3. The molecule has 0 saturated heterocycles. The maximum absolute atomic E-state index is 14.4. The number of ketones is 2. The van der Waals surface area contributed by atoms with E-state index in [1.807, 2.05) is 13.0 Å². The highest BCUT2D eigenvalue weighted by molar-refractivity contribution is 6.00. The number of nitrogens with two attached hydrogens (primary N) is 1. The molecule has 12 heteroatoms. The van der Waals surface area contributed by atoms with E-state index in [0.717, 1.165) is 84.0 Å². The van der Waals surface area contributed by atoms with E-state index in [2.05, 4.69) is 49.4 Å². The lowest BCUT2D eigenvalue weighted by atomic mass is 9.43. The minimum atomic E-state index is -1.15. The summed E-state index contributed by atoms with van der Waals surface area (Å²) in [6, 6.07) is 0. The molecule has 5 rings (SSSR count). The molecule has 0 aromatic rings. The van der Waals surface area contributed by atoms with Gasteiger partial charge in [0.05, 0.1) is 13.2 Å². The number of fused-ring (bicyclic) bond motifs is 2. The maximum atomic E-state index is 14.4. The van der Waals surface area contributed by atoms with E-state index in [1.165, 1.54) is 13.8 Å². The van der Waals surface area contributed by atoms with Crippen molar-refractivity contribution in [3.05, 3.63) is 24.3 Å². The summed E-state index contributed by atoms with van der Waals surface area (Å²) in [6.45, 7) is 22.5. The second kappa shape index (κ2) is 19.2. The van der Waals surface area contributed by atoms with Crippen molar-refractivity contribution in [1.82, 2.24) is 16.0 Å². The molecule has 326 valence electrons. The zero-order chi connectivity index (χ0) is 42.5. The summed E-state index contributed by atoms with van der Waals surface area (Å²) in [7, 11) is 0. The molecule has 0 bridgehead atoms. The number of Topliss-reactive ketones (excluding diaryl/α,β-unsaturated/α-hetero) is 1. The first-order chi connectivity index (χ1) is 27.5. The van der Waals surface area contributed by atoms with Gasteiger partial charge in [-0.05, 0) is 149 Å². The molecule has 4 fully saturated rings. The largest absolute Gasteiger partial charge is 0.464 e. The van der Waals surface area contributed by atoms with Crippen molar-refractivity contribution in [2.75, 3.05) is 52.4 Å². The van der Waals surface area contributed by atoms with Crippen LogP contribution in [0.4, 0.5) is 0 Å². The van der Waals surface area contributed by atoms with Crippen LogP contribution in [0, 0.1) is 57.2 Å². The second-order valence-electron chi connectivity index (χ2n) is 19.1. The van der Waals surface area contributed by atoms with Gasteiger partial charge in [0.2, 0.25) is 0 Å². The first kappa shape index (κ1) is 46.1. The lowest BCUT2D eigenvalue weighted by Crippen LogP contribution is -2.56. The molecule has 12 atom stereocenters. The molecule has 5 N–H and O–H groups in total. The monoisotopic (exact) mass is 811 g/mol. The Bertz CT molecular complexity index is 1570. The normalized spacial score (nSPS) is 34.7. The van der Waals surface area contributed by atoms with Crippen LogP contribution >= 0.6 is 0 Å². The van der Waals surface area contributed by atoms with Crippen molar-refractivity contribution in [1.29, 1.82) is 0 Å². The minimum Gasteiger partial charge on any atom is -0.464 e. The maximum Gasteiger partial charge on any atom is 0.319 e. The van der Waals surface area contributed by atoms with Crippen LogP contribution in [0.1, 0.15) is 113 Å². The Morgan fingerprint density at radius 3 is 2.22 bits per heavy atom. The molecule has 0 amide bonds. The SMILES string of the molecule is C=C(C(=O)[C@H](OC(C)=O)[C@@H](C)[C@H]1[C@@H](OC(C)=O)C[C@@]2(C)[C@@H]3CCC4[C@H](C)C(=O)C=C[C@@]45C[C@@]35CC[C@]12C)[C@@H](C)COC(=O)CNCCCNCCCCNCCCN. The molecule has 4 saturated carbocycles. The van der Waals surface area contributed by atoms with Gasteiger partial charge in [0, 0.05) is 37.5 Å². The number of hydrogen-bond acceptors (Lipinski definition) is 12. The summed E-state index contributed by atoms with van der Waals surface area (Å²) in [6.07, 6.45) is 12.2. The Balaban J connectivity index is 1.17. The number of carbonyl (C=O) groups is 5. The predicted molar refractivity (Wildman–Crippen MR) is 223 cm³/mol. The fraction of sp³-hybridized carbons (Fsp3) is 0.804. The van der Waals surface area contributed by atoms with E-state index >= 15 is 0 Å². The van der Waals surface area contributed by atoms with Gasteiger partial charge in [-0.3, -0.25) is 24.0 Å². The van der Waals surface area contributed by atoms with Gasteiger partial charge < -0.3 is 35.9 Å². The lowest BCUT2D eigenvalue weighted by Gasteiger charge is -2.61. The van der Waals surface area contributed by atoms with Crippen molar-refractivity contribution >= 4 is 29.5 Å². The van der Waals surface area contributed by atoms with Gasteiger partial charge in [0.25, 0.3) is 0 Å². The van der Waals surface area contributed by atoms with E-state index in [4.69, 9.17) is 19.9 Å². The Morgan fingerprint density at radius 2 is 1.57 bits per heavy atom. The third-order valence-electron chi connectivity index (χ3n) is 15.8. The molecule has 1 unspecified atom stereocenters. The summed E-state index contributed by atoms with van der Waals surface area (Å²) in [5.41, 5.74) is 5.33. The van der Waals surface area contributed by atoms with Crippen LogP contribution < -0.4 is 21.7 Å². The van der Waals surface area contributed by atoms with Crippen LogP contribution in [-0.2, 0) is 38.2 Å². The number of unbranched alkanes of at least 4 members (excludes halogenated alkanes) is 1. The highest BCUT2D eigenvalue weighted by Gasteiger charge is 2.81. The molecule has 58 heavy (non-hydrogen) atoms. The van der Waals surface area contributed by atoms with Gasteiger partial charge in [-0.15, -0.1) is 0 Å². The molecule has 0 radical (unpaired) electrons. The number of allylic oxidation sites excluding steroid dienone is 2. The fourth-order valence-electron chi connectivity index (χ4n) is 12.7. The van der Waals surface area contributed by atoms with Crippen LogP contribution in [0.15, 0.2) is 24.3 Å². The van der Waals surface area contributed by atoms with Gasteiger partial charge in [-0.1, -0.05) is 47.3 Å². The van der Waals surface area contributed by atoms with E-state index in [0.29, 0.717) is 31.3 Å². The lowest BCUT2D eigenvalue weighted by molar-refractivity contribution is -0.166. The summed E-state index contributed by atoms with van der Waals surface area (Å²) in [5.74, 6) is -2.05. The Hall–Kier alpha value is -2.93. The zero-order valence-electron chi connectivity index (χ0n) is 36.6. The molecule has 0 aromatic heterocycles. The molecule has 5 aliphatic rings. The smallest absolute Gasteiger partial charge is 0.319 e. The molecule has 0 aliphatic heterocycles. The van der Waals surface area contributed by atoms with Crippen molar-refractivity contribution in [2.45, 2.75) is 125 Å². The fourth-order valence-corrected chi connectivity index (χ4v) is 12.7. The second-order valence-corrected chi connectivity index (χ2v) is 19.1. The van der Waals surface area contributed by atoms with E-state index in [1.54, 1.807) is 6.92 Å². The van der Waals surface area contributed by atoms with Crippen LogP contribution in [0.3, 0.4) is 0 Å². The standard InChI is InChI=1S/C46H74N4O8/c1-29(27-56-39(54)26-50-24-12-23-49-21-10-9-20-48-22-11-19-47)30(2)41(55)42(58-34(6)52)32(4)40-37(57-33(5)51)25-44(8)38-14-13-35-31(3)36(53)15-16-45(35)28-46(38,45)18-17-43(40,44)7/h15-16,29,31-32,35,37-38,40,42,48-50H,2,9-14,17-28,47H2,1,3-8H3/t29-,31-,32-,35?,37-,38-,40-,42+,43+,44-,45+,46-/m0/s1. The highest BCUT2D eigenvalue weighted by atomic mass is 16.6. The summed E-state index contributed by atoms with van der Waals surface area (Å²) in [4.78, 5) is 65.1. The average Bonchev–Trinajstić information content (AvgIpc) is 3.79. The number of nitrogens with one attached hydrogen (secondary N) is 3.